The normalized spacial score (nSPS) is 21.6. The molecule has 1 saturated heterocycles. The van der Waals surface area contributed by atoms with Gasteiger partial charge in [0.05, 0.1) is 20.6 Å². The van der Waals surface area contributed by atoms with Gasteiger partial charge < -0.3 is 21.6 Å². The van der Waals surface area contributed by atoms with Crippen LogP contribution < -0.4 is 12.4 Å². The van der Waals surface area contributed by atoms with E-state index in [9.17, 15) is 0 Å². The highest BCUT2D eigenvalue weighted by Crippen LogP contribution is 2.29. The number of likely N-dealkylation sites (N-methyl/N-ethyl adjacent to an activating group) is 1. The largest absolute Gasteiger partial charge is 1.00 e. The monoisotopic (exact) mass is 305 g/mol. The van der Waals surface area contributed by atoms with Gasteiger partial charge in [0.25, 0.3) is 0 Å². The Kier molecular flexibility index (Phi) is 11.0. The Morgan fingerprint density at radius 3 is 1.60 bits per heavy atom. The van der Waals surface area contributed by atoms with E-state index >= 15 is 0 Å². The van der Waals surface area contributed by atoms with Crippen LogP contribution in [-0.2, 0) is 4.74 Å². The van der Waals surface area contributed by atoms with Crippen LogP contribution >= 0.6 is 0 Å². The van der Waals surface area contributed by atoms with Gasteiger partial charge in [0.2, 0.25) is 6.23 Å². The van der Waals surface area contributed by atoms with Crippen molar-refractivity contribution in [1.82, 2.24) is 0 Å². The van der Waals surface area contributed by atoms with E-state index in [-0.39, 0.29) is 12.4 Å². The first-order valence-corrected chi connectivity index (χ1v) is 8.56. The Morgan fingerprint density at radius 1 is 0.800 bits per heavy atom. The van der Waals surface area contributed by atoms with E-state index in [1.54, 1.807) is 0 Å². The lowest BCUT2D eigenvalue weighted by molar-refractivity contribution is -0.911. The summed E-state index contributed by atoms with van der Waals surface area (Å²) in [6, 6.07) is 0. The van der Waals surface area contributed by atoms with Gasteiger partial charge in [-0.15, -0.1) is 0 Å². The minimum absolute atomic E-state index is 0. The summed E-state index contributed by atoms with van der Waals surface area (Å²) in [6.07, 6.45) is 15.2. The molecule has 20 heavy (non-hydrogen) atoms. The molecule has 1 fully saturated rings. The SMILES string of the molecule is CCCCCCCCCCCC[N+](C)(C)C1OC1C.[Cl-]. The molecule has 0 bridgehead atoms. The second-order valence-electron chi connectivity index (χ2n) is 6.92. The van der Waals surface area contributed by atoms with Crippen molar-refractivity contribution in [3.05, 3.63) is 0 Å². The number of ether oxygens (including phenoxy) is 1. The average Bonchev–Trinajstić information content (AvgIpc) is 3.10. The molecule has 122 valence electrons. The summed E-state index contributed by atoms with van der Waals surface area (Å²) in [7, 11) is 4.61. The van der Waals surface area contributed by atoms with Crippen LogP contribution in [-0.4, -0.2) is 37.5 Å². The van der Waals surface area contributed by atoms with E-state index in [0.717, 1.165) is 4.48 Å². The summed E-state index contributed by atoms with van der Waals surface area (Å²) in [5.74, 6) is 0. The first-order valence-electron chi connectivity index (χ1n) is 8.56. The average molecular weight is 306 g/mol. The smallest absolute Gasteiger partial charge is 0.220 e. The number of hydrogen-bond acceptors (Lipinski definition) is 1. The summed E-state index contributed by atoms with van der Waals surface area (Å²) < 4.78 is 6.65. The van der Waals surface area contributed by atoms with Crippen molar-refractivity contribution < 1.29 is 21.6 Å². The Bertz CT molecular complexity index is 233. The molecule has 0 amide bonds. The van der Waals surface area contributed by atoms with Gasteiger partial charge in [-0.25, -0.2) is 0 Å². The van der Waals surface area contributed by atoms with Crippen LogP contribution in [0.2, 0.25) is 0 Å². The van der Waals surface area contributed by atoms with E-state index in [0.29, 0.717) is 12.3 Å². The zero-order valence-corrected chi connectivity index (χ0v) is 14.9. The molecule has 0 N–H and O–H groups in total. The Balaban J connectivity index is 0.00000361. The molecule has 1 heterocycles. The first-order chi connectivity index (χ1) is 9.08. The third kappa shape index (κ3) is 8.49. The van der Waals surface area contributed by atoms with Crippen LogP contribution in [0.4, 0.5) is 0 Å². The van der Waals surface area contributed by atoms with E-state index in [1.807, 2.05) is 0 Å². The lowest BCUT2D eigenvalue weighted by Gasteiger charge is -2.27. The molecular formula is C17H36ClNO. The summed E-state index contributed by atoms with van der Waals surface area (Å²) in [4.78, 5) is 0. The van der Waals surface area contributed by atoms with Gasteiger partial charge in [-0.3, -0.25) is 0 Å². The van der Waals surface area contributed by atoms with Gasteiger partial charge >= 0.3 is 0 Å². The maximum atomic E-state index is 5.60. The maximum Gasteiger partial charge on any atom is 0.220 e. The molecule has 1 aliphatic heterocycles. The second kappa shape index (κ2) is 10.9. The van der Waals surface area contributed by atoms with E-state index in [2.05, 4.69) is 27.9 Å². The van der Waals surface area contributed by atoms with Gasteiger partial charge in [-0.1, -0.05) is 58.3 Å². The summed E-state index contributed by atoms with van der Waals surface area (Å²) in [5.41, 5.74) is 0. The van der Waals surface area contributed by atoms with Crippen LogP contribution in [0, 0.1) is 0 Å². The predicted molar refractivity (Wildman–Crippen MR) is 83.2 cm³/mol. The zero-order valence-electron chi connectivity index (χ0n) is 14.2. The predicted octanol–water partition coefficient (Wildman–Crippen LogP) is 1.73. The Labute approximate surface area is 133 Å². The van der Waals surface area contributed by atoms with Gasteiger partial charge in [-0.05, 0) is 19.8 Å². The molecule has 2 nitrogen and oxygen atoms in total. The third-order valence-corrected chi connectivity index (χ3v) is 4.46. The van der Waals surface area contributed by atoms with Gasteiger partial charge in [0.15, 0.2) is 0 Å². The number of epoxide rings is 1. The Hall–Kier alpha value is 0.210. The van der Waals surface area contributed by atoms with Crippen molar-refractivity contribution in [1.29, 1.82) is 0 Å². The van der Waals surface area contributed by atoms with Crippen molar-refractivity contribution in [3.8, 4) is 0 Å². The fraction of sp³-hybridized carbons (Fsp3) is 1.00. The fourth-order valence-corrected chi connectivity index (χ4v) is 3.04. The van der Waals surface area contributed by atoms with Crippen LogP contribution in [0.5, 0.6) is 0 Å². The highest BCUT2D eigenvalue weighted by atomic mass is 35.5. The molecule has 0 aromatic carbocycles. The minimum atomic E-state index is 0. The number of unbranched alkanes of at least 4 members (excludes halogenated alkanes) is 9. The van der Waals surface area contributed by atoms with Crippen LogP contribution in [0.3, 0.4) is 0 Å². The molecule has 0 aromatic heterocycles. The van der Waals surface area contributed by atoms with E-state index < -0.39 is 0 Å². The van der Waals surface area contributed by atoms with Crippen LogP contribution in [0.1, 0.15) is 78.1 Å². The molecule has 0 aliphatic carbocycles. The standard InChI is InChI=1S/C17H36NO.ClH/c1-5-6-7-8-9-10-11-12-13-14-15-18(3,4)17-16(2)19-17;/h16-17H,5-15H2,1-4H3;1H/q+1;/p-1. The molecule has 0 saturated carbocycles. The van der Waals surface area contributed by atoms with Crippen molar-refractivity contribution in [2.75, 3.05) is 20.6 Å². The lowest BCUT2D eigenvalue weighted by atomic mass is 10.1. The lowest BCUT2D eigenvalue weighted by Crippen LogP contribution is -3.00. The zero-order chi connectivity index (χ0) is 14.1. The second-order valence-corrected chi connectivity index (χ2v) is 6.92. The van der Waals surface area contributed by atoms with Gasteiger partial charge in [-0.2, -0.15) is 0 Å². The molecule has 0 spiro atoms. The molecule has 2 atom stereocenters. The van der Waals surface area contributed by atoms with Gasteiger partial charge in [0, 0.05) is 0 Å². The fourth-order valence-electron chi connectivity index (χ4n) is 3.04. The summed E-state index contributed by atoms with van der Waals surface area (Å²) >= 11 is 0. The molecule has 0 radical (unpaired) electrons. The summed E-state index contributed by atoms with van der Waals surface area (Å²) in [6.45, 7) is 5.74. The van der Waals surface area contributed by atoms with Crippen LogP contribution in [0.25, 0.3) is 0 Å². The van der Waals surface area contributed by atoms with Crippen molar-refractivity contribution in [2.24, 2.45) is 0 Å². The molecule has 1 rings (SSSR count). The van der Waals surface area contributed by atoms with Crippen molar-refractivity contribution in [2.45, 2.75) is 90.4 Å². The number of halogens is 1. The third-order valence-electron chi connectivity index (χ3n) is 4.46. The number of nitrogens with zero attached hydrogens (tertiary/aromatic N) is 1. The Morgan fingerprint density at radius 2 is 1.20 bits per heavy atom. The molecular weight excluding hydrogens is 270 g/mol. The number of quaternary nitrogens is 1. The quantitative estimate of drug-likeness (QED) is 0.304. The number of hydrogen-bond donors (Lipinski definition) is 0. The molecule has 3 heteroatoms. The highest BCUT2D eigenvalue weighted by Gasteiger charge is 2.47. The first kappa shape index (κ1) is 20.2. The van der Waals surface area contributed by atoms with E-state index in [1.165, 1.54) is 70.8 Å². The minimum Gasteiger partial charge on any atom is -1.00 e. The molecule has 1 aliphatic rings. The maximum absolute atomic E-state index is 5.60. The topological polar surface area (TPSA) is 12.5 Å². The van der Waals surface area contributed by atoms with Crippen molar-refractivity contribution >= 4 is 0 Å². The van der Waals surface area contributed by atoms with Crippen LogP contribution in [0.15, 0.2) is 0 Å². The van der Waals surface area contributed by atoms with Gasteiger partial charge in [0.1, 0.15) is 6.10 Å². The van der Waals surface area contributed by atoms with E-state index in [4.69, 9.17) is 4.74 Å². The summed E-state index contributed by atoms with van der Waals surface area (Å²) in [5, 5.41) is 0. The molecule has 2 unspecified atom stereocenters. The number of rotatable bonds is 12. The van der Waals surface area contributed by atoms with Crippen molar-refractivity contribution in [3.63, 3.8) is 0 Å². The molecule has 0 aromatic rings. The highest BCUT2D eigenvalue weighted by molar-refractivity contribution is 4.71.